The van der Waals surface area contributed by atoms with Gasteiger partial charge >= 0.3 is 0 Å². The molecular weight excluding hydrogens is 324 g/mol. The van der Waals surface area contributed by atoms with Crippen LogP contribution in [0.2, 0.25) is 0 Å². The first-order chi connectivity index (χ1) is 12.6. The lowest BCUT2D eigenvalue weighted by atomic mass is 9.77. The van der Waals surface area contributed by atoms with Crippen molar-refractivity contribution in [2.75, 3.05) is 46.4 Å². The number of carbonyl (C=O) groups is 1. The van der Waals surface area contributed by atoms with Crippen LogP contribution in [0, 0.1) is 17.3 Å². The van der Waals surface area contributed by atoms with Crippen molar-refractivity contribution < 1.29 is 9.53 Å². The van der Waals surface area contributed by atoms with Crippen molar-refractivity contribution in [3.05, 3.63) is 35.4 Å². The highest BCUT2D eigenvalue weighted by atomic mass is 16.5. The first-order valence-corrected chi connectivity index (χ1v) is 10.2. The lowest BCUT2D eigenvalue weighted by Crippen LogP contribution is -2.38. The number of hydrogen-bond donors (Lipinski definition) is 0. The molecule has 2 heterocycles. The van der Waals surface area contributed by atoms with E-state index in [0.717, 1.165) is 58.6 Å². The summed E-state index contributed by atoms with van der Waals surface area (Å²) in [7, 11) is 1.80. The summed E-state index contributed by atoms with van der Waals surface area (Å²) in [5.74, 6) is 1.41. The Balaban J connectivity index is 1.37. The van der Waals surface area contributed by atoms with Crippen molar-refractivity contribution in [2.24, 2.45) is 17.3 Å². The Labute approximate surface area is 157 Å². The number of hydrogen-bond acceptors (Lipinski definition) is 3. The van der Waals surface area contributed by atoms with Gasteiger partial charge in [0, 0.05) is 51.0 Å². The lowest BCUT2D eigenvalue weighted by molar-refractivity contribution is -0.131. The number of rotatable bonds is 5. The van der Waals surface area contributed by atoms with E-state index in [9.17, 15) is 4.79 Å². The molecule has 2 aliphatic heterocycles. The van der Waals surface area contributed by atoms with Gasteiger partial charge in [0.2, 0.25) is 5.91 Å². The van der Waals surface area contributed by atoms with E-state index >= 15 is 0 Å². The van der Waals surface area contributed by atoms with E-state index in [1.165, 1.54) is 11.1 Å². The number of carbonyl (C=O) groups excluding carboxylic acids is 1. The summed E-state index contributed by atoms with van der Waals surface area (Å²) in [6, 6.07) is 8.67. The number of ether oxygens (including phenoxy) is 1. The van der Waals surface area contributed by atoms with Crippen LogP contribution >= 0.6 is 0 Å². The molecule has 2 atom stereocenters. The minimum atomic E-state index is 0.250. The van der Waals surface area contributed by atoms with Crippen LogP contribution in [0.25, 0.3) is 0 Å². The zero-order valence-electron chi connectivity index (χ0n) is 16.2. The predicted octanol–water partition coefficient (Wildman–Crippen LogP) is 2.61. The van der Waals surface area contributed by atoms with E-state index in [1.54, 1.807) is 7.11 Å². The van der Waals surface area contributed by atoms with Gasteiger partial charge in [-0.15, -0.1) is 0 Å². The van der Waals surface area contributed by atoms with Crippen molar-refractivity contribution in [3.63, 3.8) is 0 Å². The summed E-state index contributed by atoms with van der Waals surface area (Å²) in [5.41, 5.74) is 3.14. The Hall–Kier alpha value is -1.39. The van der Waals surface area contributed by atoms with Crippen LogP contribution in [0.5, 0.6) is 0 Å². The maximum atomic E-state index is 13.0. The molecule has 1 amide bonds. The molecule has 1 aliphatic carbocycles. The first-order valence-electron chi connectivity index (χ1n) is 10.2. The summed E-state index contributed by atoms with van der Waals surface area (Å²) in [6.45, 7) is 8.23. The van der Waals surface area contributed by atoms with Gasteiger partial charge in [-0.3, -0.25) is 4.79 Å². The van der Waals surface area contributed by atoms with Crippen LogP contribution in [-0.4, -0.2) is 62.1 Å². The van der Waals surface area contributed by atoms with Gasteiger partial charge in [-0.1, -0.05) is 31.2 Å². The molecule has 2 saturated heterocycles. The van der Waals surface area contributed by atoms with E-state index in [0.29, 0.717) is 24.2 Å². The summed E-state index contributed by atoms with van der Waals surface area (Å²) in [5, 5.41) is 0. The molecule has 0 unspecified atom stereocenters. The van der Waals surface area contributed by atoms with Gasteiger partial charge in [0.15, 0.2) is 0 Å². The molecule has 0 N–H and O–H groups in total. The molecule has 4 nitrogen and oxygen atoms in total. The Morgan fingerprint density at radius 2 is 1.96 bits per heavy atom. The molecule has 3 aliphatic rings. The van der Waals surface area contributed by atoms with Crippen LogP contribution in [0.15, 0.2) is 24.3 Å². The highest BCUT2D eigenvalue weighted by Crippen LogP contribution is 2.44. The zero-order chi connectivity index (χ0) is 18.1. The van der Waals surface area contributed by atoms with E-state index < -0.39 is 0 Å². The third-order valence-electron chi connectivity index (χ3n) is 7.04. The third kappa shape index (κ3) is 3.29. The highest BCUT2D eigenvalue weighted by Gasteiger charge is 2.50. The maximum absolute atomic E-state index is 13.0. The van der Waals surface area contributed by atoms with E-state index in [2.05, 4.69) is 41.0 Å². The summed E-state index contributed by atoms with van der Waals surface area (Å²) in [6.07, 6.45) is 3.97. The summed E-state index contributed by atoms with van der Waals surface area (Å²) in [4.78, 5) is 17.7. The van der Waals surface area contributed by atoms with Crippen molar-refractivity contribution in [1.82, 2.24) is 9.80 Å². The van der Waals surface area contributed by atoms with E-state index in [1.807, 2.05) is 0 Å². The lowest BCUT2D eigenvalue weighted by Gasteiger charge is -2.30. The van der Waals surface area contributed by atoms with Gasteiger partial charge in [0.25, 0.3) is 0 Å². The van der Waals surface area contributed by atoms with Crippen molar-refractivity contribution in [2.45, 2.75) is 32.6 Å². The molecule has 0 aromatic heterocycles. The Kier molecular flexibility index (Phi) is 5.07. The van der Waals surface area contributed by atoms with Crippen molar-refractivity contribution >= 4 is 5.91 Å². The molecule has 0 bridgehead atoms. The average molecular weight is 357 g/mol. The predicted molar refractivity (Wildman–Crippen MR) is 103 cm³/mol. The van der Waals surface area contributed by atoms with Crippen LogP contribution in [0.3, 0.4) is 0 Å². The Morgan fingerprint density at radius 3 is 2.62 bits per heavy atom. The van der Waals surface area contributed by atoms with Crippen molar-refractivity contribution in [3.8, 4) is 0 Å². The van der Waals surface area contributed by atoms with Gasteiger partial charge < -0.3 is 14.5 Å². The second-order valence-corrected chi connectivity index (χ2v) is 8.65. The van der Waals surface area contributed by atoms with Gasteiger partial charge in [-0.05, 0) is 42.9 Å². The molecule has 1 aromatic rings. The van der Waals surface area contributed by atoms with Crippen LogP contribution < -0.4 is 0 Å². The van der Waals surface area contributed by atoms with E-state index in [-0.39, 0.29) is 5.41 Å². The fourth-order valence-corrected chi connectivity index (χ4v) is 5.56. The fourth-order valence-electron chi connectivity index (χ4n) is 5.56. The van der Waals surface area contributed by atoms with E-state index in [4.69, 9.17) is 4.74 Å². The molecular formula is C22H32N2O2. The monoisotopic (exact) mass is 356 g/mol. The molecule has 1 aromatic carbocycles. The molecule has 0 saturated carbocycles. The second kappa shape index (κ2) is 7.32. The minimum Gasteiger partial charge on any atom is -0.384 e. The largest absolute Gasteiger partial charge is 0.384 e. The summed E-state index contributed by atoms with van der Waals surface area (Å²) < 4.78 is 5.51. The summed E-state index contributed by atoms with van der Waals surface area (Å²) >= 11 is 0. The quantitative estimate of drug-likeness (QED) is 0.813. The smallest absolute Gasteiger partial charge is 0.222 e. The van der Waals surface area contributed by atoms with Crippen LogP contribution in [0.4, 0.5) is 0 Å². The molecule has 26 heavy (non-hydrogen) atoms. The SMILES string of the molecule is CCN1C[C@@H](COC)[C@@]2(CCN(C(=O)CC3Cc4ccccc4C3)C2)C1. The number of benzene rings is 1. The molecule has 0 radical (unpaired) electrons. The number of amides is 1. The third-order valence-corrected chi connectivity index (χ3v) is 7.04. The maximum Gasteiger partial charge on any atom is 0.222 e. The first kappa shape index (κ1) is 18.0. The van der Waals surface area contributed by atoms with Crippen molar-refractivity contribution in [1.29, 1.82) is 0 Å². The molecule has 1 spiro atoms. The van der Waals surface area contributed by atoms with Crippen LogP contribution in [0.1, 0.15) is 30.9 Å². The molecule has 4 rings (SSSR count). The van der Waals surface area contributed by atoms with Gasteiger partial charge in [0.1, 0.15) is 0 Å². The van der Waals surface area contributed by atoms with Gasteiger partial charge in [-0.25, -0.2) is 0 Å². The molecule has 4 heteroatoms. The molecule has 142 valence electrons. The number of methoxy groups -OCH3 is 1. The zero-order valence-corrected chi connectivity index (χ0v) is 16.2. The fraction of sp³-hybridized carbons (Fsp3) is 0.682. The Bertz CT molecular complexity index is 636. The standard InChI is InChI=1S/C22H32N2O2/c1-3-23-13-20(14-26-2)22(15-23)8-9-24(16-22)21(25)12-17-10-18-6-4-5-7-19(18)11-17/h4-7,17,20H,3,8-16H2,1-2H3/t20-,22-/m0/s1. The number of fused-ring (bicyclic) bond motifs is 1. The normalized spacial score (nSPS) is 29.0. The average Bonchev–Trinajstić information content (AvgIpc) is 3.33. The van der Waals surface area contributed by atoms with Gasteiger partial charge in [0.05, 0.1) is 6.61 Å². The highest BCUT2D eigenvalue weighted by molar-refractivity contribution is 5.77. The topological polar surface area (TPSA) is 32.8 Å². The number of likely N-dealkylation sites (tertiary alicyclic amines) is 2. The number of nitrogens with zero attached hydrogens (tertiary/aromatic N) is 2. The van der Waals surface area contributed by atoms with Crippen LogP contribution in [-0.2, 0) is 22.4 Å². The van der Waals surface area contributed by atoms with Gasteiger partial charge in [-0.2, -0.15) is 0 Å². The minimum absolute atomic E-state index is 0.250. The second-order valence-electron chi connectivity index (χ2n) is 8.65. The Morgan fingerprint density at radius 1 is 1.23 bits per heavy atom. The molecule has 2 fully saturated rings.